The summed E-state index contributed by atoms with van der Waals surface area (Å²) in [7, 11) is 1.69. The summed E-state index contributed by atoms with van der Waals surface area (Å²) in [6.07, 6.45) is 4.61. The van der Waals surface area contributed by atoms with E-state index in [4.69, 9.17) is 19.2 Å². The molecule has 2 aromatic heterocycles. The summed E-state index contributed by atoms with van der Waals surface area (Å²) < 4.78 is 20.6. The number of nitrogens with one attached hydrogen (secondary N) is 2. The van der Waals surface area contributed by atoms with Gasteiger partial charge in [-0.15, -0.1) is 0 Å². The highest BCUT2D eigenvalue weighted by molar-refractivity contribution is 5.98. The van der Waals surface area contributed by atoms with Crippen LogP contribution in [0.5, 0.6) is 0 Å². The van der Waals surface area contributed by atoms with Gasteiger partial charge >= 0.3 is 5.97 Å². The lowest BCUT2D eigenvalue weighted by Crippen LogP contribution is -2.62. The Morgan fingerprint density at radius 2 is 1.78 bits per heavy atom. The summed E-state index contributed by atoms with van der Waals surface area (Å²) in [5.74, 6) is 3.47. The van der Waals surface area contributed by atoms with E-state index >= 15 is 0 Å². The number of cyclic esters (lactones) is 1. The lowest BCUT2D eigenvalue weighted by atomic mass is 9.84. The second-order valence-electron chi connectivity index (χ2n) is 22.2. The van der Waals surface area contributed by atoms with Crippen molar-refractivity contribution in [3.8, 4) is 34.2 Å². The number of nitrogens with zero attached hydrogens (tertiary/aromatic N) is 6. The topological polar surface area (TPSA) is 168 Å². The molecule has 16 heteroatoms. The van der Waals surface area contributed by atoms with Crippen molar-refractivity contribution in [3.63, 3.8) is 0 Å². The van der Waals surface area contributed by atoms with Crippen molar-refractivity contribution >= 4 is 40.5 Å². The molecular weight excluding hydrogens is 925 g/mol. The zero-order valence-electron chi connectivity index (χ0n) is 44.0. The zero-order chi connectivity index (χ0) is 52.0. The van der Waals surface area contributed by atoms with Crippen LogP contribution in [0.2, 0.25) is 0 Å². The van der Waals surface area contributed by atoms with Gasteiger partial charge in [-0.25, -0.2) is 5.43 Å². The third-order valence-electron chi connectivity index (χ3n) is 15.6. The third kappa shape index (κ3) is 10.3. The van der Waals surface area contributed by atoms with Crippen LogP contribution in [0.25, 0.3) is 33.3 Å². The Morgan fingerprint density at radius 1 is 1.00 bits per heavy atom. The molecule has 2 N–H and O–H groups in total. The van der Waals surface area contributed by atoms with Gasteiger partial charge in [0.1, 0.15) is 24.9 Å². The lowest BCUT2D eigenvalue weighted by molar-refractivity contribution is -0.155. The molecule has 2 aromatic carbocycles. The van der Waals surface area contributed by atoms with E-state index in [9.17, 15) is 24.0 Å². The van der Waals surface area contributed by atoms with E-state index in [-0.39, 0.29) is 56.6 Å². The highest BCUT2D eigenvalue weighted by Crippen LogP contribution is 2.42. The number of aryl methyl sites for hydroxylation is 1. The van der Waals surface area contributed by atoms with Crippen LogP contribution in [0, 0.1) is 23.2 Å². The minimum atomic E-state index is -1.31. The van der Waals surface area contributed by atoms with Crippen molar-refractivity contribution in [2.75, 3.05) is 53.2 Å². The molecule has 1 spiro atoms. The summed E-state index contributed by atoms with van der Waals surface area (Å²) in [6.45, 7) is 19.3. The van der Waals surface area contributed by atoms with Crippen LogP contribution in [0.4, 0.5) is 0 Å². The molecule has 4 amide bonds. The molecule has 9 rings (SSSR count). The Labute approximate surface area is 429 Å². The molecule has 4 aromatic rings. The summed E-state index contributed by atoms with van der Waals surface area (Å²) in [6, 6.07) is 15.7. The van der Waals surface area contributed by atoms with Crippen molar-refractivity contribution in [2.45, 2.75) is 136 Å². The fourth-order valence-electron chi connectivity index (χ4n) is 11.3. The van der Waals surface area contributed by atoms with Crippen LogP contribution in [-0.2, 0) is 57.6 Å². The van der Waals surface area contributed by atoms with Gasteiger partial charge in [0.25, 0.3) is 17.7 Å². The molecule has 6 bridgehead atoms. The first-order valence-corrected chi connectivity index (χ1v) is 26.1. The van der Waals surface area contributed by atoms with Gasteiger partial charge in [-0.2, -0.15) is 0 Å². The average Bonchev–Trinajstić information content (AvgIpc) is 4.03. The molecule has 388 valence electrons. The molecule has 5 aliphatic heterocycles. The van der Waals surface area contributed by atoms with Crippen molar-refractivity contribution < 1.29 is 38.2 Å². The number of amides is 4. The number of rotatable bonds is 9. The van der Waals surface area contributed by atoms with Crippen molar-refractivity contribution in [3.05, 3.63) is 77.6 Å². The van der Waals surface area contributed by atoms with Gasteiger partial charge < -0.3 is 33.9 Å². The molecule has 7 heterocycles. The number of hydrogen-bond acceptors (Lipinski definition) is 11. The van der Waals surface area contributed by atoms with Crippen LogP contribution >= 0.6 is 0 Å². The van der Waals surface area contributed by atoms with Gasteiger partial charge in [0.2, 0.25) is 5.91 Å². The molecule has 5 aliphatic rings. The number of likely N-dealkylation sites (tertiary alicyclic amines) is 2. The number of esters is 1. The Bertz CT molecular complexity index is 2860. The first-order valence-electron chi connectivity index (χ1n) is 26.1. The third-order valence-corrected chi connectivity index (χ3v) is 15.6. The predicted molar refractivity (Wildman–Crippen MR) is 277 cm³/mol. The quantitative estimate of drug-likeness (QED) is 0.148. The maximum Gasteiger partial charge on any atom is 0.324 e. The van der Waals surface area contributed by atoms with Crippen LogP contribution in [0.1, 0.15) is 104 Å². The van der Waals surface area contributed by atoms with Gasteiger partial charge in [-0.3, -0.25) is 38.9 Å². The first-order chi connectivity index (χ1) is 34.8. The molecule has 0 aliphatic carbocycles. The number of fused-ring (bicyclic) bond motifs is 6. The molecule has 0 saturated carbocycles. The van der Waals surface area contributed by atoms with Gasteiger partial charge in [-0.05, 0) is 112 Å². The van der Waals surface area contributed by atoms with Gasteiger partial charge in [0.05, 0.1) is 36.2 Å². The Kier molecular flexibility index (Phi) is 14.6. The Balaban J connectivity index is 1.03. The molecule has 4 saturated heterocycles. The van der Waals surface area contributed by atoms with Crippen LogP contribution in [0.15, 0.2) is 60.8 Å². The molecule has 73 heavy (non-hydrogen) atoms. The summed E-state index contributed by atoms with van der Waals surface area (Å²) >= 11 is 0. The number of carbonyl (C=O) groups excluding carboxylic acids is 5. The maximum atomic E-state index is 14.9. The second-order valence-corrected chi connectivity index (χ2v) is 22.2. The number of benzene rings is 2. The smallest absolute Gasteiger partial charge is 0.324 e. The van der Waals surface area contributed by atoms with E-state index < -0.39 is 52.5 Å². The minimum Gasteiger partial charge on any atom is -0.464 e. The van der Waals surface area contributed by atoms with Crippen LogP contribution in [-0.4, -0.2) is 141 Å². The molecule has 16 nitrogen and oxygen atoms in total. The fraction of sp³-hybridized carbons (Fsp3) is 0.544. The zero-order valence-corrected chi connectivity index (χ0v) is 44.0. The highest BCUT2D eigenvalue weighted by Gasteiger charge is 2.56. The van der Waals surface area contributed by atoms with Crippen LogP contribution < -0.4 is 10.7 Å². The van der Waals surface area contributed by atoms with E-state index in [2.05, 4.69) is 89.2 Å². The average molecular weight is 997 g/mol. The summed E-state index contributed by atoms with van der Waals surface area (Å²) in [5.41, 5.74) is 8.67. The number of hydrogen-bond donors (Lipinski definition) is 2. The highest BCUT2D eigenvalue weighted by atomic mass is 16.5. The van der Waals surface area contributed by atoms with E-state index in [0.717, 1.165) is 69.6 Å². The largest absolute Gasteiger partial charge is 0.464 e. The molecule has 0 radical (unpaired) electrons. The van der Waals surface area contributed by atoms with Crippen molar-refractivity contribution in [1.82, 2.24) is 40.0 Å². The lowest BCUT2D eigenvalue weighted by Gasteiger charge is -2.41. The van der Waals surface area contributed by atoms with Gasteiger partial charge in [0, 0.05) is 80.8 Å². The predicted octanol–water partition coefficient (Wildman–Crippen LogP) is 6.05. The fourth-order valence-corrected chi connectivity index (χ4v) is 11.3. The standard InChI is InChI=1S/C57H72N8O8/c1-10-63-46-20-19-40-31-42(46)43(50(63)41-17-12-24-58-48(41)37(4)71-9)32-55(5,6)34-72-53(69)44-18-13-27-65(60-44)52(68)45(30-38-15-11-16-39(40)29-38)59-51(67)49(36(2)3)64-35-73-57(54(64)70)23-28-61(33-57)47(66)21-22-56(7,8)62-25-14-26-62/h11-12,15-17,19-20,24,29,31,36-37,44-45,49,60H,10,13-14,18,23,25-28,30,32-35H2,1-9H3,(H,59,67)/t37-,44-,45-,49?,57+/m0/s1. The van der Waals surface area contributed by atoms with Gasteiger partial charge in [-0.1, -0.05) is 63.9 Å². The molecule has 1 unspecified atom stereocenters. The van der Waals surface area contributed by atoms with Crippen molar-refractivity contribution in [2.24, 2.45) is 11.3 Å². The number of methoxy groups -OCH3 is 1. The molecular formula is C57H72N8O8. The number of carbonyl (C=O) groups is 5. The Hall–Kier alpha value is -6.12. The monoisotopic (exact) mass is 997 g/mol. The Morgan fingerprint density at radius 3 is 2.51 bits per heavy atom. The molecule has 5 atom stereocenters. The summed E-state index contributed by atoms with van der Waals surface area (Å²) in [5, 5.41) is 5.59. The number of ether oxygens (including phenoxy) is 3. The summed E-state index contributed by atoms with van der Waals surface area (Å²) in [4.78, 5) is 81.7. The van der Waals surface area contributed by atoms with E-state index in [1.165, 1.54) is 9.91 Å². The number of hydrazine groups is 1. The van der Waals surface area contributed by atoms with E-state index in [0.29, 0.717) is 38.9 Å². The second kappa shape index (κ2) is 20.7. The molecule has 4 fully saturated rings. The first kappa shape index (κ1) is 51.8. The number of pyridine rings is 1. The minimum absolute atomic E-state index is 0.0323. The SMILES string of the molecule is CCn1c(-c2cccnc2[C@H](C)OC)c2c3cc(ccc31)-c1cccc(c1)C[C@H](NC(=O)C(C(C)C)N1CO[C@@]3(CCN(C(=O)C#CC(C)(C)N4CCC4)C3)C1=O)C(=O)N1CCC[C@H](N1)C(=O)OCC(C)(C)C2. The number of aromatic nitrogens is 2. The van der Waals surface area contributed by atoms with E-state index in [1.54, 1.807) is 18.2 Å². The van der Waals surface area contributed by atoms with Crippen LogP contribution in [0.3, 0.4) is 0 Å². The van der Waals surface area contributed by atoms with Gasteiger partial charge in [0.15, 0.2) is 5.60 Å². The van der Waals surface area contributed by atoms with E-state index in [1.807, 2.05) is 52.8 Å². The normalized spacial score (nSPS) is 23.5. The van der Waals surface area contributed by atoms with Crippen molar-refractivity contribution in [1.29, 1.82) is 0 Å². The maximum absolute atomic E-state index is 14.9.